The number of fused-ring (bicyclic) bond motifs is 3. The molecule has 6 heteroatoms. The Balaban J connectivity index is 1.17. The number of ether oxygens (including phenoxy) is 1. The van der Waals surface area contributed by atoms with Gasteiger partial charge in [-0.3, -0.25) is 4.79 Å². The highest BCUT2D eigenvalue weighted by Gasteiger charge is 2.41. The van der Waals surface area contributed by atoms with Crippen LogP contribution in [0.2, 0.25) is 0 Å². The van der Waals surface area contributed by atoms with E-state index in [9.17, 15) is 9.18 Å². The van der Waals surface area contributed by atoms with Crippen LogP contribution in [0, 0.1) is 11.7 Å². The number of benzene rings is 2. The lowest BCUT2D eigenvalue weighted by atomic mass is 9.86. The summed E-state index contributed by atoms with van der Waals surface area (Å²) in [4.78, 5) is 18.4. The average Bonchev–Trinajstić information content (AvgIpc) is 3.24. The van der Waals surface area contributed by atoms with Gasteiger partial charge in [-0.2, -0.15) is 0 Å². The first kappa shape index (κ1) is 19.5. The highest BCUT2D eigenvalue weighted by atomic mass is 32.1. The van der Waals surface area contributed by atoms with Crippen LogP contribution in [0.5, 0.6) is 10.9 Å². The van der Waals surface area contributed by atoms with E-state index in [0.717, 1.165) is 35.2 Å². The predicted molar refractivity (Wildman–Crippen MR) is 116 cm³/mol. The van der Waals surface area contributed by atoms with Crippen LogP contribution in [0.3, 0.4) is 0 Å². The van der Waals surface area contributed by atoms with E-state index in [0.29, 0.717) is 23.2 Å². The van der Waals surface area contributed by atoms with Gasteiger partial charge in [0.2, 0.25) is 5.91 Å². The van der Waals surface area contributed by atoms with Crippen LogP contribution in [0.25, 0.3) is 10.2 Å². The summed E-state index contributed by atoms with van der Waals surface area (Å²) in [6.07, 6.45) is 6.86. The van der Waals surface area contributed by atoms with Crippen molar-refractivity contribution < 1.29 is 13.9 Å². The number of thiazole rings is 1. The minimum Gasteiger partial charge on any atom is -0.431 e. The number of hydrogen-bond donors (Lipinski definition) is 0. The number of rotatable bonds is 5. The molecule has 0 N–H and O–H groups in total. The summed E-state index contributed by atoms with van der Waals surface area (Å²) >= 11 is 1.35. The molecular formula is C24H25FN2O2S. The second-order valence-corrected chi connectivity index (χ2v) is 9.52. The summed E-state index contributed by atoms with van der Waals surface area (Å²) < 4.78 is 20.0. The maximum atomic E-state index is 13.3. The molecule has 0 spiro atoms. The predicted octanol–water partition coefficient (Wildman–Crippen LogP) is 5.95. The van der Waals surface area contributed by atoms with Gasteiger partial charge in [-0.1, -0.05) is 23.5 Å². The van der Waals surface area contributed by atoms with Crippen LogP contribution in [-0.4, -0.2) is 27.9 Å². The Bertz CT molecular complexity index is 1050. The first-order chi connectivity index (χ1) is 14.5. The average molecular weight is 425 g/mol. The molecule has 2 fully saturated rings. The first-order valence-corrected chi connectivity index (χ1v) is 11.5. The fourth-order valence-electron chi connectivity index (χ4n) is 5.16. The number of carbonyl (C=O) groups is 1. The quantitative estimate of drug-likeness (QED) is 0.508. The minimum absolute atomic E-state index is 0.245. The Morgan fingerprint density at radius 2 is 1.90 bits per heavy atom. The highest BCUT2D eigenvalue weighted by Crippen LogP contribution is 2.40. The zero-order chi connectivity index (χ0) is 20.7. The third-order valence-electron chi connectivity index (χ3n) is 6.49. The van der Waals surface area contributed by atoms with Crippen molar-refractivity contribution >= 4 is 27.5 Å². The fraction of sp³-hybridized carbons (Fsp3) is 0.417. The lowest BCUT2D eigenvalue weighted by molar-refractivity contribution is -0.133. The molecule has 1 amide bonds. The van der Waals surface area contributed by atoms with E-state index in [1.807, 2.05) is 12.1 Å². The molecular weight excluding hydrogens is 399 g/mol. The normalized spacial score (nSPS) is 23.1. The number of aryl methyl sites for hydroxylation is 1. The fourth-order valence-corrected chi connectivity index (χ4v) is 6.02. The molecule has 156 valence electrons. The van der Waals surface area contributed by atoms with Crippen molar-refractivity contribution in [2.45, 2.75) is 57.5 Å². The van der Waals surface area contributed by atoms with Crippen molar-refractivity contribution in [3.63, 3.8) is 0 Å². The van der Waals surface area contributed by atoms with Crippen molar-refractivity contribution in [1.29, 1.82) is 0 Å². The third kappa shape index (κ3) is 3.93. The minimum atomic E-state index is -0.262. The van der Waals surface area contributed by atoms with Crippen LogP contribution in [0.1, 0.15) is 44.6 Å². The molecule has 2 aromatic carbocycles. The van der Waals surface area contributed by atoms with Gasteiger partial charge < -0.3 is 9.64 Å². The molecule has 1 aromatic heterocycles. The van der Waals surface area contributed by atoms with Crippen LogP contribution < -0.4 is 4.74 Å². The number of piperidine rings is 1. The van der Waals surface area contributed by atoms with Gasteiger partial charge in [0.1, 0.15) is 11.6 Å². The second kappa shape index (κ2) is 7.99. The monoisotopic (exact) mass is 424 g/mol. The molecule has 0 aliphatic carbocycles. The van der Waals surface area contributed by atoms with Crippen LogP contribution >= 0.6 is 11.3 Å². The molecule has 3 heterocycles. The highest BCUT2D eigenvalue weighted by molar-refractivity contribution is 7.20. The Morgan fingerprint density at radius 1 is 1.17 bits per heavy atom. The molecule has 2 aliphatic rings. The summed E-state index contributed by atoms with van der Waals surface area (Å²) in [7, 11) is 0. The van der Waals surface area contributed by atoms with E-state index in [4.69, 9.17) is 4.74 Å². The zero-order valence-electron chi connectivity index (χ0n) is 17.0. The third-order valence-corrected chi connectivity index (χ3v) is 7.39. The summed E-state index contributed by atoms with van der Waals surface area (Å²) in [5.74, 6) is 1.43. The van der Waals surface area contributed by atoms with E-state index in [-0.39, 0.29) is 11.7 Å². The number of halogens is 1. The van der Waals surface area contributed by atoms with Crippen molar-refractivity contribution in [2.75, 3.05) is 0 Å². The maximum Gasteiger partial charge on any atom is 0.279 e. The van der Waals surface area contributed by atoms with Crippen molar-refractivity contribution in [2.24, 2.45) is 5.92 Å². The number of nitrogens with zero attached hydrogens (tertiary/aromatic N) is 2. The largest absolute Gasteiger partial charge is 0.431 e. The summed E-state index contributed by atoms with van der Waals surface area (Å²) in [5.41, 5.74) is 2.05. The molecule has 5 rings (SSSR count). The molecule has 0 radical (unpaired) electrons. The zero-order valence-corrected chi connectivity index (χ0v) is 17.8. The Kier molecular flexibility index (Phi) is 5.19. The second-order valence-electron chi connectivity index (χ2n) is 8.53. The van der Waals surface area contributed by atoms with Gasteiger partial charge in [0, 0.05) is 19.0 Å². The molecule has 0 saturated carbocycles. The van der Waals surface area contributed by atoms with Gasteiger partial charge in [-0.05, 0) is 80.3 Å². The molecule has 30 heavy (non-hydrogen) atoms. The van der Waals surface area contributed by atoms with E-state index >= 15 is 0 Å². The lowest BCUT2D eigenvalue weighted by Crippen LogP contribution is -2.45. The topological polar surface area (TPSA) is 42.4 Å². The van der Waals surface area contributed by atoms with Crippen LogP contribution in [-0.2, 0) is 11.2 Å². The standard InChI is InChI=1S/C24H25FN2O2S/c1-15(28)27-19-7-8-20(27)13-17(12-19)3-2-16-4-9-21(10-5-16)29-24-26-22-11-6-18(25)14-23(22)30-24/h4-6,9-11,14,17,19-20H,2-3,7-8,12-13H2,1H3/t17?,19-,20+. The smallest absolute Gasteiger partial charge is 0.279 e. The van der Waals surface area contributed by atoms with Gasteiger partial charge in [0.05, 0.1) is 10.2 Å². The van der Waals surface area contributed by atoms with Crippen LogP contribution in [0.4, 0.5) is 4.39 Å². The molecule has 2 saturated heterocycles. The Hall–Kier alpha value is -2.47. The number of hydrogen-bond acceptors (Lipinski definition) is 4. The van der Waals surface area contributed by atoms with Crippen molar-refractivity contribution in [1.82, 2.24) is 9.88 Å². The van der Waals surface area contributed by atoms with E-state index in [2.05, 4.69) is 22.0 Å². The Morgan fingerprint density at radius 3 is 2.60 bits per heavy atom. The number of aromatic nitrogens is 1. The number of amides is 1. The van der Waals surface area contributed by atoms with Crippen molar-refractivity contribution in [3.05, 3.63) is 53.8 Å². The molecule has 2 aliphatic heterocycles. The lowest BCUT2D eigenvalue weighted by Gasteiger charge is -2.38. The summed E-state index contributed by atoms with van der Waals surface area (Å²) in [6, 6.07) is 13.7. The van der Waals surface area contributed by atoms with E-state index in [1.54, 1.807) is 13.0 Å². The van der Waals surface area contributed by atoms with E-state index < -0.39 is 0 Å². The van der Waals surface area contributed by atoms with Gasteiger partial charge in [0.25, 0.3) is 5.19 Å². The Labute approximate surface area is 179 Å². The molecule has 2 bridgehead atoms. The molecule has 4 nitrogen and oxygen atoms in total. The maximum absolute atomic E-state index is 13.3. The van der Waals surface area contributed by atoms with Gasteiger partial charge in [0.15, 0.2) is 0 Å². The van der Waals surface area contributed by atoms with Gasteiger partial charge in [-0.25, -0.2) is 9.37 Å². The van der Waals surface area contributed by atoms with Crippen molar-refractivity contribution in [3.8, 4) is 10.9 Å². The van der Waals surface area contributed by atoms with Crippen LogP contribution in [0.15, 0.2) is 42.5 Å². The SMILES string of the molecule is CC(=O)N1[C@@H]2CC[C@H]1CC(CCc1ccc(Oc3nc4ccc(F)cc4s3)cc1)C2. The van der Waals surface area contributed by atoms with Gasteiger partial charge >= 0.3 is 0 Å². The molecule has 3 atom stereocenters. The van der Waals surface area contributed by atoms with Gasteiger partial charge in [-0.15, -0.1) is 0 Å². The number of carbonyl (C=O) groups excluding carboxylic acids is 1. The van der Waals surface area contributed by atoms with E-state index in [1.165, 1.54) is 48.3 Å². The first-order valence-electron chi connectivity index (χ1n) is 10.7. The molecule has 3 aromatic rings. The summed E-state index contributed by atoms with van der Waals surface area (Å²) in [5, 5.41) is 0.524. The molecule has 1 unspecified atom stereocenters. The summed E-state index contributed by atoms with van der Waals surface area (Å²) in [6.45, 7) is 1.71.